The van der Waals surface area contributed by atoms with Gasteiger partial charge in [0.05, 0.1) is 10.4 Å². The van der Waals surface area contributed by atoms with Crippen LogP contribution in [0.4, 0.5) is 23.1 Å². The number of non-ortho nitro benzene ring substituents is 1. The zero-order valence-electron chi connectivity index (χ0n) is 23.8. The van der Waals surface area contributed by atoms with Gasteiger partial charge < -0.3 is 20.9 Å². The van der Waals surface area contributed by atoms with Crippen LogP contribution in [0.5, 0.6) is 0 Å². The smallest absolute Gasteiger partial charge is 0.271 e. The van der Waals surface area contributed by atoms with Gasteiger partial charge in [0.1, 0.15) is 5.82 Å². The normalized spacial score (nSPS) is 16.8. The maximum atomic E-state index is 11.1. The molecule has 0 amide bonds. The van der Waals surface area contributed by atoms with Gasteiger partial charge in [-0.2, -0.15) is 4.98 Å². The van der Waals surface area contributed by atoms with Crippen LogP contribution in [0.2, 0.25) is 0 Å². The molecule has 3 aromatic carbocycles. The third-order valence-corrected chi connectivity index (χ3v) is 7.85. The Labute approximate surface area is 241 Å². The van der Waals surface area contributed by atoms with E-state index in [-0.39, 0.29) is 10.6 Å². The zero-order chi connectivity index (χ0) is 28.6. The van der Waals surface area contributed by atoms with Crippen LogP contribution in [-0.2, 0) is 13.0 Å². The molecule has 0 aliphatic heterocycles. The van der Waals surface area contributed by atoms with Gasteiger partial charge >= 0.3 is 0 Å². The van der Waals surface area contributed by atoms with Crippen molar-refractivity contribution in [3.8, 4) is 0 Å². The van der Waals surface area contributed by atoms with Gasteiger partial charge in [0.2, 0.25) is 5.95 Å². The Morgan fingerprint density at radius 3 is 2.46 bits per heavy atom. The first-order valence-electron chi connectivity index (χ1n) is 14.4. The van der Waals surface area contributed by atoms with E-state index in [2.05, 4.69) is 40.2 Å². The van der Waals surface area contributed by atoms with E-state index in [4.69, 9.17) is 9.97 Å². The molecule has 0 spiro atoms. The Hall–Kier alpha value is -4.24. The highest BCUT2D eigenvalue weighted by Gasteiger charge is 2.22. The molecular weight excluding hydrogens is 514 g/mol. The predicted octanol–water partition coefficient (Wildman–Crippen LogP) is 6.02. The molecule has 0 saturated heterocycles. The van der Waals surface area contributed by atoms with Crippen molar-refractivity contribution < 1.29 is 4.92 Å². The fraction of sp³-hybridized carbons (Fsp3) is 0.375. The molecule has 3 N–H and O–H groups in total. The molecule has 0 radical (unpaired) electrons. The van der Waals surface area contributed by atoms with Crippen molar-refractivity contribution in [2.75, 3.05) is 42.7 Å². The second-order valence-corrected chi connectivity index (χ2v) is 11.0. The minimum absolute atomic E-state index is 0.0952. The predicted molar refractivity (Wildman–Crippen MR) is 167 cm³/mol. The summed E-state index contributed by atoms with van der Waals surface area (Å²) in [5.74, 6) is 2.33. The van der Waals surface area contributed by atoms with E-state index in [1.54, 1.807) is 12.1 Å². The first-order valence-corrected chi connectivity index (χ1v) is 14.4. The summed E-state index contributed by atoms with van der Waals surface area (Å²) < 4.78 is 0. The second-order valence-electron chi connectivity index (χ2n) is 11.0. The highest BCUT2D eigenvalue weighted by atomic mass is 16.6. The molecule has 0 unspecified atom stereocenters. The van der Waals surface area contributed by atoms with Crippen LogP contribution in [-0.4, -0.2) is 48.1 Å². The first kappa shape index (κ1) is 28.3. The Kier molecular flexibility index (Phi) is 9.26. The maximum Gasteiger partial charge on any atom is 0.271 e. The topological polar surface area (TPSA) is 108 Å². The third kappa shape index (κ3) is 7.49. The van der Waals surface area contributed by atoms with Gasteiger partial charge in [-0.05, 0) is 80.4 Å². The molecule has 1 heterocycles. The standard InChI is InChI=1S/C32H39N7O2/c1-38(2)31-29-12-5-6-13-30(29)36-32(37-31)35-26-16-14-23(15-17-26)21-33-19-18-24-8-3-4-9-25(24)22-34-27-10-7-11-28(20-27)39(40)41/h3-13,20,23,26,33-34H,14-19,21-22H2,1-2H3,(H,35,36,37)/t23-,26+. The van der Waals surface area contributed by atoms with E-state index < -0.39 is 0 Å². The zero-order valence-corrected chi connectivity index (χ0v) is 23.8. The summed E-state index contributed by atoms with van der Waals surface area (Å²) in [5, 5.41) is 22.8. The average Bonchev–Trinajstić information content (AvgIpc) is 2.99. The summed E-state index contributed by atoms with van der Waals surface area (Å²) in [4.78, 5) is 22.3. The van der Waals surface area contributed by atoms with E-state index >= 15 is 0 Å². The molecule has 41 heavy (non-hydrogen) atoms. The minimum atomic E-state index is -0.367. The van der Waals surface area contributed by atoms with Crippen molar-refractivity contribution in [3.05, 3.63) is 94.0 Å². The molecule has 4 aromatic rings. The van der Waals surface area contributed by atoms with E-state index in [0.29, 0.717) is 24.5 Å². The monoisotopic (exact) mass is 553 g/mol. The summed E-state index contributed by atoms with van der Waals surface area (Å²) in [6.07, 6.45) is 5.54. The Morgan fingerprint density at radius 1 is 0.927 bits per heavy atom. The number of benzene rings is 3. The van der Waals surface area contributed by atoms with Gasteiger partial charge in [0, 0.05) is 49.9 Å². The number of hydrogen-bond acceptors (Lipinski definition) is 8. The molecule has 0 atom stereocenters. The molecular formula is C32H39N7O2. The van der Waals surface area contributed by atoms with E-state index in [9.17, 15) is 10.1 Å². The lowest BCUT2D eigenvalue weighted by molar-refractivity contribution is -0.384. The van der Waals surface area contributed by atoms with Gasteiger partial charge in [0.15, 0.2) is 0 Å². The number of aromatic nitrogens is 2. The number of rotatable bonds is 12. The molecule has 1 fully saturated rings. The number of nitrogens with one attached hydrogen (secondary N) is 3. The second kappa shape index (κ2) is 13.4. The first-order chi connectivity index (χ1) is 20.0. The molecule has 214 valence electrons. The number of hydrogen-bond donors (Lipinski definition) is 3. The van der Waals surface area contributed by atoms with Crippen LogP contribution < -0.4 is 20.9 Å². The van der Waals surface area contributed by atoms with Gasteiger partial charge in [0.25, 0.3) is 5.69 Å². The van der Waals surface area contributed by atoms with Crippen molar-refractivity contribution in [2.45, 2.75) is 44.7 Å². The molecule has 1 aliphatic rings. The van der Waals surface area contributed by atoms with Gasteiger partial charge in [-0.3, -0.25) is 10.1 Å². The molecule has 1 saturated carbocycles. The summed E-state index contributed by atoms with van der Waals surface area (Å²) >= 11 is 0. The fourth-order valence-corrected chi connectivity index (χ4v) is 5.59. The van der Waals surface area contributed by atoms with E-state index in [0.717, 1.165) is 54.8 Å². The van der Waals surface area contributed by atoms with Crippen LogP contribution in [0, 0.1) is 16.0 Å². The van der Waals surface area contributed by atoms with Crippen LogP contribution in [0.25, 0.3) is 10.9 Å². The Balaban J connectivity index is 1.06. The number of fused-ring (bicyclic) bond motifs is 1. The largest absolute Gasteiger partial charge is 0.381 e. The number of para-hydroxylation sites is 1. The number of nitro benzene ring substituents is 1. The highest BCUT2D eigenvalue weighted by Crippen LogP contribution is 2.28. The SMILES string of the molecule is CN(C)c1nc(N[C@H]2CC[C@@H](CNCCc3ccccc3CNc3cccc([N+](=O)[O-])c3)CC2)nc2ccccc12. The summed E-state index contributed by atoms with van der Waals surface area (Å²) in [6.45, 7) is 2.58. The van der Waals surface area contributed by atoms with Gasteiger partial charge in [-0.1, -0.05) is 42.5 Å². The molecule has 9 nitrogen and oxygen atoms in total. The average molecular weight is 554 g/mol. The lowest BCUT2D eigenvalue weighted by Gasteiger charge is -2.29. The number of nitro groups is 1. The van der Waals surface area contributed by atoms with Crippen LogP contribution in [0.1, 0.15) is 36.8 Å². The fourth-order valence-electron chi connectivity index (χ4n) is 5.59. The van der Waals surface area contributed by atoms with E-state index in [1.807, 2.05) is 49.3 Å². The summed E-state index contributed by atoms with van der Waals surface area (Å²) in [5.41, 5.74) is 4.31. The van der Waals surface area contributed by atoms with Crippen LogP contribution in [0.15, 0.2) is 72.8 Å². The summed E-state index contributed by atoms with van der Waals surface area (Å²) in [7, 11) is 4.04. The molecule has 0 bridgehead atoms. The van der Waals surface area contributed by atoms with Crippen LogP contribution in [0.3, 0.4) is 0 Å². The van der Waals surface area contributed by atoms with Crippen molar-refractivity contribution in [3.63, 3.8) is 0 Å². The molecule has 5 rings (SSSR count). The Bertz CT molecular complexity index is 1470. The minimum Gasteiger partial charge on any atom is -0.381 e. The van der Waals surface area contributed by atoms with Gasteiger partial charge in [-0.25, -0.2) is 4.98 Å². The van der Waals surface area contributed by atoms with Gasteiger partial charge in [-0.15, -0.1) is 0 Å². The van der Waals surface area contributed by atoms with E-state index in [1.165, 1.54) is 30.0 Å². The lowest BCUT2D eigenvalue weighted by atomic mass is 9.86. The molecule has 9 heteroatoms. The number of anilines is 3. The van der Waals surface area contributed by atoms with Crippen LogP contribution >= 0.6 is 0 Å². The summed E-state index contributed by atoms with van der Waals surface area (Å²) in [6, 6.07) is 23.6. The number of nitrogens with zero attached hydrogens (tertiary/aromatic N) is 4. The lowest BCUT2D eigenvalue weighted by Crippen LogP contribution is -2.32. The van der Waals surface area contributed by atoms with Crippen molar-refractivity contribution in [1.82, 2.24) is 15.3 Å². The molecule has 1 aliphatic carbocycles. The quantitative estimate of drug-likeness (QED) is 0.111. The Morgan fingerprint density at radius 2 is 1.68 bits per heavy atom. The van der Waals surface area contributed by atoms with Crippen molar-refractivity contribution in [2.24, 2.45) is 5.92 Å². The maximum absolute atomic E-state index is 11.1. The molecule has 1 aromatic heterocycles. The van der Waals surface area contributed by atoms with Crippen molar-refractivity contribution >= 4 is 34.0 Å². The highest BCUT2D eigenvalue weighted by molar-refractivity contribution is 5.90. The third-order valence-electron chi connectivity index (χ3n) is 7.85. The van der Waals surface area contributed by atoms with Crippen molar-refractivity contribution in [1.29, 1.82) is 0 Å².